The van der Waals surface area contributed by atoms with Crippen LogP contribution in [0.25, 0.3) is 10.1 Å². The summed E-state index contributed by atoms with van der Waals surface area (Å²) in [5, 5.41) is 12.5. The van der Waals surface area contributed by atoms with Crippen LogP contribution in [-0.4, -0.2) is 0 Å². The largest absolute Gasteiger partial charge is 0.192 e. The molecule has 1 aromatic heterocycles. The predicted molar refractivity (Wildman–Crippen MR) is 64.3 cm³/mol. The molecule has 1 aromatic carbocycles. The van der Waals surface area contributed by atoms with Crippen molar-refractivity contribution in [3.8, 4) is 6.07 Å². The van der Waals surface area contributed by atoms with Crippen LogP contribution in [0, 0.1) is 14.9 Å². The van der Waals surface area contributed by atoms with Gasteiger partial charge in [-0.3, -0.25) is 0 Å². The third-order valence-electron chi connectivity index (χ3n) is 1.74. The van der Waals surface area contributed by atoms with Crippen LogP contribution in [0.3, 0.4) is 0 Å². The van der Waals surface area contributed by atoms with Crippen molar-refractivity contribution in [1.82, 2.24) is 0 Å². The minimum Gasteiger partial charge on any atom is -0.192 e. The molecule has 2 rings (SSSR count). The van der Waals surface area contributed by atoms with Crippen molar-refractivity contribution in [3.63, 3.8) is 0 Å². The molecule has 0 aliphatic carbocycles. The van der Waals surface area contributed by atoms with E-state index in [9.17, 15) is 0 Å². The summed E-state index contributed by atoms with van der Waals surface area (Å²) in [5.41, 5.74) is 0.714. The lowest BCUT2D eigenvalue weighted by molar-refractivity contribution is 1.48. The highest BCUT2D eigenvalue weighted by Gasteiger charge is 2.06. The summed E-state index contributed by atoms with van der Waals surface area (Å²) in [5.74, 6) is 0. The van der Waals surface area contributed by atoms with Crippen molar-refractivity contribution in [2.45, 2.75) is 0 Å². The van der Waals surface area contributed by atoms with Gasteiger partial charge in [-0.25, -0.2) is 0 Å². The molecule has 13 heavy (non-hydrogen) atoms. The molecule has 0 bridgehead atoms. The average molecular weight is 320 g/mol. The van der Waals surface area contributed by atoms with Gasteiger partial charge < -0.3 is 0 Å². The molecule has 0 aliphatic rings. The SMILES string of the molecule is N#Cc1cc2scc(Cl)c2cc1I. The molecule has 64 valence electrons. The number of rotatable bonds is 0. The molecule has 0 saturated carbocycles. The second-order valence-electron chi connectivity index (χ2n) is 2.52. The van der Waals surface area contributed by atoms with E-state index in [1.807, 2.05) is 17.5 Å². The minimum absolute atomic E-state index is 0.714. The number of fused-ring (bicyclic) bond motifs is 1. The zero-order valence-electron chi connectivity index (χ0n) is 6.34. The standard InChI is InChI=1S/C9H3ClINS/c10-7-4-13-9-1-5(3-12)8(11)2-6(7)9/h1-2,4H. The molecule has 1 heterocycles. The van der Waals surface area contributed by atoms with Crippen LogP contribution < -0.4 is 0 Å². The Morgan fingerprint density at radius 2 is 2.23 bits per heavy atom. The number of benzene rings is 1. The molecule has 2 aromatic rings. The van der Waals surface area contributed by atoms with Crippen LogP contribution in [0.1, 0.15) is 5.56 Å². The Balaban J connectivity index is 2.85. The summed E-state index contributed by atoms with van der Waals surface area (Å²) in [6, 6.07) is 5.99. The van der Waals surface area contributed by atoms with E-state index in [0.717, 1.165) is 18.7 Å². The van der Waals surface area contributed by atoms with Gasteiger partial charge in [0.2, 0.25) is 0 Å². The van der Waals surface area contributed by atoms with Gasteiger partial charge in [-0.15, -0.1) is 11.3 Å². The van der Waals surface area contributed by atoms with Gasteiger partial charge in [0.1, 0.15) is 6.07 Å². The molecule has 1 nitrogen and oxygen atoms in total. The zero-order chi connectivity index (χ0) is 9.42. The Hall–Kier alpha value is -0.310. The quantitative estimate of drug-likeness (QED) is 0.673. The van der Waals surface area contributed by atoms with Crippen LogP contribution in [0.2, 0.25) is 5.02 Å². The summed E-state index contributed by atoms with van der Waals surface area (Å²) in [4.78, 5) is 0. The molecule has 0 radical (unpaired) electrons. The Morgan fingerprint density at radius 3 is 2.92 bits per heavy atom. The molecule has 0 fully saturated rings. The number of nitrogens with zero attached hydrogens (tertiary/aromatic N) is 1. The molecule has 0 unspecified atom stereocenters. The van der Waals surface area contributed by atoms with Gasteiger partial charge >= 0.3 is 0 Å². The number of hydrogen-bond acceptors (Lipinski definition) is 2. The fraction of sp³-hybridized carbons (Fsp3) is 0. The molecule has 0 spiro atoms. The van der Waals surface area contributed by atoms with Gasteiger partial charge in [0.05, 0.1) is 10.6 Å². The first-order valence-electron chi connectivity index (χ1n) is 3.48. The van der Waals surface area contributed by atoms with Crippen LogP contribution in [0.15, 0.2) is 17.5 Å². The lowest BCUT2D eigenvalue weighted by Crippen LogP contribution is -1.79. The number of nitriles is 1. The van der Waals surface area contributed by atoms with E-state index in [4.69, 9.17) is 16.9 Å². The molecule has 4 heteroatoms. The normalized spacial score (nSPS) is 10.2. The van der Waals surface area contributed by atoms with Crippen LogP contribution in [0.4, 0.5) is 0 Å². The second kappa shape index (κ2) is 3.45. The lowest BCUT2D eigenvalue weighted by Gasteiger charge is -1.95. The van der Waals surface area contributed by atoms with E-state index in [1.165, 1.54) is 0 Å². The summed E-state index contributed by atoms with van der Waals surface area (Å²) in [6.07, 6.45) is 0. The summed E-state index contributed by atoms with van der Waals surface area (Å²) in [6.45, 7) is 0. The molecule has 0 amide bonds. The van der Waals surface area contributed by atoms with Gasteiger partial charge in [-0.1, -0.05) is 11.6 Å². The first kappa shape index (κ1) is 9.25. The topological polar surface area (TPSA) is 23.8 Å². The van der Waals surface area contributed by atoms with E-state index in [0.29, 0.717) is 5.56 Å². The maximum Gasteiger partial charge on any atom is 0.100 e. The summed E-state index contributed by atoms with van der Waals surface area (Å²) < 4.78 is 2.02. The van der Waals surface area contributed by atoms with Crippen LogP contribution >= 0.6 is 45.5 Å². The third-order valence-corrected chi connectivity index (χ3v) is 4.02. The third kappa shape index (κ3) is 1.54. The molecule has 0 aliphatic heterocycles. The molecule has 0 saturated heterocycles. The van der Waals surface area contributed by atoms with Gasteiger partial charge in [0, 0.05) is 19.0 Å². The first-order chi connectivity index (χ1) is 6.22. The highest BCUT2D eigenvalue weighted by Crippen LogP contribution is 2.32. The predicted octanol–water partition coefficient (Wildman–Crippen LogP) is 4.03. The fourth-order valence-corrected chi connectivity index (χ4v) is 2.87. The summed E-state index contributed by atoms with van der Waals surface area (Å²) >= 11 is 9.68. The smallest absolute Gasteiger partial charge is 0.100 e. The Bertz CT molecular complexity index is 512. The van der Waals surface area contributed by atoms with E-state index < -0.39 is 0 Å². The first-order valence-corrected chi connectivity index (χ1v) is 5.82. The van der Waals surface area contributed by atoms with E-state index >= 15 is 0 Å². The zero-order valence-corrected chi connectivity index (χ0v) is 10.1. The molecular weight excluding hydrogens is 317 g/mol. The number of halogens is 2. The van der Waals surface area contributed by atoms with E-state index in [1.54, 1.807) is 11.3 Å². The maximum absolute atomic E-state index is 8.80. The second-order valence-corrected chi connectivity index (χ2v) is 5.00. The van der Waals surface area contributed by atoms with Crippen molar-refractivity contribution in [1.29, 1.82) is 5.26 Å². The maximum atomic E-state index is 8.80. The Labute approximate surface area is 98.1 Å². The van der Waals surface area contributed by atoms with Gasteiger partial charge in [0.25, 0.3) is 0 Å². The average Bonchev–Trinajstić information content (AvgIpc) is 2.47. The number of thiophene rings is 1. The van der Waals surface area contributed by atoms with E-state index in [-0.39, 0.29) is 0 Å². The van der Waals surface area contributed by atoms with Gasteiger partial charge in [0.15, 0.2) is 0 Å². The monoisotopic (exact) mass is 319 g/mol. The van der Waals surface area contributed by atoms with E-state index in [2.05, 4.69) is 28.7 Å². The lowest BCUT2D eigenvalue weighted by atomic mass is 10.2. The molecule has 0 atom stereocenters. The minimum atomic E-state index is 0.714. The van der Waals surface area contributed by atoms with Crippen molar-refractivity contribution >= 4 is 55.6 Å². The van der Waals surface area contributed by atoms with Crippen LogP contribution in [0.5, 0.6) is 0 Å². The van der Waals surface area contributed by atoms with Crippen molar-refractivity contribution in [2.24, 2.45) is 0 Å². The molecular formula is C9H3ClINS. The Morgan fingerprint density at radius 1 is 1.46 bits per heavy atom. The fourth-order valence-electron chi connectivity index (χ4n) is 1.10. The van der Waals surface area contributed by atoms with Gasteiger partial charge in [-0.2, -0.15) is 5.26 Å². The highest BCUT2D eigenvalue weighted by atomic mass is 127. The van der Waals surface area contributed by atoms with Crippen molar-refractivity contribution < 1.29 is 0 Å². The summed E-state index contributed by atoms with van der Waals surface area (Å²) in [7, 11) is 0. The Kier molecular flexibility index (Phi) is 2.45. The van der Waals surface area contributed by atoms with Crippen LogP contribution in [-0.2, 0) is 0 Å². The van der Waals surface area contributed by atoms with Crippen molar-refractivity contribution in [3.05, 3.63) is 31.7 Å². The highest BCUT2D eigenvalue weighted by molar-refractivity contribution is 14.1. The van der Waals surface area contributed by atoms with Gasteiger partial charge in [-0.05, 0) is 34.7 Å². The molecule has 0 N–H and O–H groups in total. The number of hydrogen-bond donors (Lipinski definition) is 0. The van der Waals surface area contributed by atoms with Crippen molar-refractivity contribution in [2.75, 3.05) is 0 Å².